The fourth-order valence-electron chi connectivity index (χ4n) is 1.37. The number of hydrogen-bond donors (Lipinski definition) is 1. The van der Waals surface area contributed by atoms with Crippen LogP contribution in [0.15, 0.2) is 22.7 Å². The molecule has 0 aliphatic carbocycles. The minimum atomic E-state index is 0.123. The van der Waals surface area contributed by atoms with E-state index in [0.29, 0.717) is 17.3 Å². The summed E-state index contributed by atoms with van der Waals surface area (Å²) in [7, 11) is 1.56. The molecular formula is C11H12N2O3. The lowest BCUT2D eigenvalue weighted by molar-refractivity contribution is 0.174. The molecule has 0 radical (unpaired) electrons. The van der Waals surface area contributed by atoms with E-state index >= 15 is 0 Å². The highest BCUT2D eigenvalue weighted by Gasteiger charge is 2.12. The Morgan fingerprint density at radius 2 is 2.25 bits per heavy atom. The van der Waals surface area contributed by atoms with Crippen LogP contribution in [-0.4, -0.2) is 22.4 Å². The molecule has 0 atom stereocenters. The maximum absolute atomic E-state index is 9.67. The molecule has 0 aliphatic heterocycles. The molecule has 0 saturated carbocycles. The third kappa shape index (κ3) is 2.04. The number of aromatic hydroxyl groups is 1. The summed E-state index contributed by atoms with van der Waals surface area (Å²) in [4.78, 5) is 4.11. The van der Waals surface area contributed by atoms with E-state index < -0.39 is 0 Å². The van der Waals surface area contributed by atoms with Crippen molar-refractivity contribution in [1.29, 1.82) is 0 Å². The lowest BCUT2D eigenvalue weighted by Gasteiger charge is -1.99. The Labute approximate surface area is 92.7 Å². The Kier molecular flexibility index (Phi) is 2.87. The van der Waals surface area contributed by atoms with Crippen molar-refractivity contribution in [3.63, 3.8) is 0 Å². The van der Waals surface area contributed by atoms with Crippen molar-refractivity contribution in [3.8, 4) is 17.2 Å². The molecule has 0 bridgehead atoms. The van der Waals surface area contributed by atoms with Crippen molar-refractivity contribution >= 4 is 0 Å². The minimum absolute atomic E-state index is 0.123. The molecule has 0 spiro atoms. The highest BCUT2D eigenvalue weighted by atomic mass is 16.5. The molecular weight excluding hydrogens is 208 g/mol. The van der Waals surface area contributed by atoms with Gasteiger partial charge in [0.2, 0.25) is 0 Å². The van der Waals surface area contributed by atoms with Gasteiger partial charge in [0.25, 0.3) is 5.89 Å². The van der Waals surface area contributed by atoms with Gasteiger partial charge in [-0.1, -0.05) is 16.8 Å². The van der Waals surface area contributed by atoms with Gasteiger partial charge < -0.3 is 14.4 Å². The quantitative estimate of drug-likeness (QED) is 0.855. The monoisotopic (exact) mass is 220 g/mol. The Morgan fingerprint density at radius 3 is 3.00 bits per heavy atom. The van der Waals surface area contributed by atoms with Gasteiger partial charge in [0, 0.05) is 7.11 Å². The first-order chi connectivity index (χ1) is 7.70. The molecule has 1 aromatic carbocycles. The van der Waals surface area contributed by atoms with Crippen LogP contribution in [0.3, 0.4) is 0 Å². The van der Waals surface area contributed by atoms with Gasteiger partial charge in [-0.25, -0.2) is 0 Å². The number of rotatable bonds is 3. The predicted molar refractivity (Wildman–Crippen MR) is 56.8 cm³/mol. The molecule has 0 fully saturated rings. The van der Waals surface area contributed by atoms with E-state index in [4.69, 9.17) is 9.26 Å². The Hall–Kier alpha value is -1.88. The standard InChI is InChI=1S/C11H12N2O3/c1-7-3-4-9(14)8(5-7)11-12-10(6-15-2)13-16-11/h3-5,14H,6H2,1-2H3. The van der Waals surface area contributed by atoms with E-state index in [1.807, 2.05) is 13.0 Å². The smallest absolute Gasteiger partial charge is 0.261 e. The second-order valence-electron chi connectivity index (χ2n) is 3.47. The number of nitrogens with zero attached hydrogens (tertiary/aromatic N) is 2. The van der Waals surface area contributed by atoms with Crippen molar-refractivity contribution in [2.75, 3.05) is 7.11 Å². The van der Waals surface area contributed by atoms with E-state index in [2.05, 4.69) is 10.1 Å². The van der Waals surface area contributed by atoms with Crippen LogP contribution in [0.1, 0.15) is 11.4 Å². The maximum Gasteiger partial charge on any atom is 0.261 e. The first-order valence-corrected chi connectivity index (χ1v) is 4.82. The van der Waals surface area contributed by atoms with Crippen LogP contribution in [-0.2, 0) is 11.3 Å². The molecule has 16 heavy (non-hydrogen) atoms. The molecule has 2 aromatic rings. The number of phenolic OH excluding ortho intramolecular Hbond substituents is 1. The van der Waals surface area contributed by atoms with Crippen LogP contribution >= 0.6 is 0 Å². The molecule has 1 aromatic heterocycles. The average Bonchev–Trinajstić information content (AvgIpc) is 2.71. The zero-order valence-corrected chi connectivity index (χ0v) is 9.10. The highest BCUT2D eigenvalue weighted by Crippen LogP contribution is 2.28. The summed E-state index contributed by atoms with van der Waals surface area (Å²) in [6.07, 6.45) is 0. The zero-order valence-electron chi connectivity index (χ0n) is 9.10. The summed E-state index contributed by atoms with van der Waals surface area (Å²) in [5.74, 6) is 0.880. The largest absolute Gasteiger partial charge is 0.507 e. The van der Waals surface area contributed by atoms with Gasteiger partial charge >= 0.3 is 0 Å². The van der Waals surface area contributed by atoms with Gasteiger partial charge in [-0.3, -0.25) is 0 Å². The molecule has 0 amide bonds. The van der Waals surface area contributed by atoms with Gasteiger partial charge in [-0.2, -0.15) is 4.98 Å². The lowest BCUT2D eigenvalue weighted by atomic mass is 10.1. The molecule has 84 valence electrons. The maximum atomic E-state index is 9.67. The summed E-state index contributed by atoms with van der Waals surface area (Å²) in [6, 6.07) is 5.20. The van der Waals surface area contributed by atoms with Crippen molar-refractivity contribution in [2.24, 2.45) is 0 Å². The Balaban J connectivity index is 2.38. The van der Waals surface area contributed by atoms with Crippen molar-refractivity contribution in [3.05, 3.63) is 29.6 Å². The molecule has 0 aliphatic rings. The fraction of sp³-hybridized carbons (Fsp3) is 0.273. The molecule has 5 nitrogen and oxygen atoms in total. The number of phenols is 1. The van der Waals surface area contributed by atoms with E-state index in [1.165, 1.54) is 0 Å². The number of ether oxygens (including phenoxy) is 1. The third-order valence-electron chi connectivity index (χ3n) is 2.12. The summed E-state index contributed by atoms with van der Waals surface area (Å²) in [5.41, 5.74) is 1.55. The van der Waals surface area contributed by atoms with E-state index in [1.54, 1.807) is 19.2 Å². The molecule has 1 heterocycles. The van der Waals surface area contributed by atoms with Crippen LogP contribution in [0.5, 0.6) is 5.75 Å². The molecule has 0 unspecified atom stereocenters. The van der Waals surface area contributed by atoms with Crippen molar-refractivity contribution in [2.45, 2.75) is 13.5 Å². The van der Waals surface area contributed by atoms with E-state index in [-0.39, 0.29) is 12.4 Å². The van der Waals surface area contributed by atoms with Crippen molar-refractivity contribution < 1.29 is 14.4 Å². The number of aryl methyl sites for hydroxylation is 1. The third-order valence-corrected chi connectivity index (χ3v) is 2.12. The van der Waals surface area contributed by atoms with E-state index in [0.717, 1.165) is 5.56 Å². The first kappa shape index (κ1) is 10.6. The second kappa shape index (κ2) is 4.32. The summed E-state index contributed by atoms with van der Waals surface area (Å²) in [6.45, 7) is 2.21. The van der Waals surface area contributed by atoms with Crippen molar-refractivity contribution in [1.82, 2.24) is 10.1 Å². The molecule has 5 heteroatoms. The van der Waals surface area contributed by atoms with Crippen LogP contribution in [0.25, 0.3) is 11.5 Å². The topological polar surface area (TPSA) is 68.4 Å². The van der Waals surface area contributed by atoms with E-state index in [9.17, 15) is 5.11 Å². The summed E-state index contributed by atoms with van der Waals surface area (Å²) >= 11 is 0. The van der Waals surface area contributed by atoms with Crippen LogP contribution in [0.2, 0.25) is 0 Å². The molecule has 1 N–H and O–H groups in total. The first-order valence-electron chi connectivity index (χ1n) is 4.82. The zero-order chi connectivity index (χ0) is 11.5. The van der Waals surface area contributed by atoms with Gasteiger partial charge in [0.1, 0.15) is 12.4 Å². The van der Waals surface area contributed by atoms with Gasteiger partial charge in [0.15, 0.2) is 5.82 Å². The summed E-state index contributed by atoms with van der Waals surface area (Å²) < 4.78 is 9.92. The second-order valence-corrected chi connectivity index (χ2v) is 3.47. The molecule has 2 rings (SSSR count). The van der Waals surface area contributed by atoms with Gasteiger partial charge in [-0.05, 0) is 19.1 Å². The normalized spacial score (nSPS) is 10.6. The Bertz CT molecular complexity index is 494. The fourth-order valence-corrected chi connectivity index (χ4v) is 1.37. The SMILES string of the molecule is COCc1noc(-c2cc(C)ccc2O)n1. The number of benzene rings is 1. The number of methoxy groups -OCH3 is 1. The Morgan fingerprint density at radius 1 is 1.44 bits per heavy atom. The average molecular weight is 220 g/mol. The molecule has 0 saturated heterocycles. The lowest BCUT2D eigenvalue weighted by Crippen LogP contribution is -1.89. The minimum Gasteiger partial charge on any atom is -0.507 e. The van der Waals surface area contributed by atoms with Gasteiger partial charge in [0.05, 0.1) is 5.56 Å². The van der Waals surface area contributed by atoms with Gasteiger partial charge in [-0.15, -0.1) is 0 Å². The summed E-state index contributed by atoms with van der Waals surface area (Å²) in [5, 5.41) is 13.4. The highest BCUT2D eigenvalue weighted by molar-refractivity contribution is 5.62. The van der Waals surface area contributed by atoms with Crippen LogP contribution in [0.4, 0.5) is 0 Å². The number of aromatic nitrogens is 2. The number of hydrogen-bond acceptors (Lipinski definition) is 5. The van der Waals surface area contributed by atoms with Crippen LogP contribution < -0.4 is 0 Å². The van der Waals surface area contributed by atoms with Crippen LogP contribution in [0, 0.1) is 6.92 Å². The predicted octanol–water partition coefficient (Wildman–Crippen LogP) is 1.90.